The van der Waals surface area contributed by atoms with Gasteiger partial charge in [-0.1, -0.05) is 154 Å². The molecule has 0 unspecified atom stereocenters. The van der Waals surface area contributed by atoms with Crippen LogP contribution in [-0.2, 0) is 5.41 Å². The van der Waals surface area contributed by atoms with Crippen LogP contribution in [-0.4, -0.2) is 0 Å². The summed E-state index contributed by atoms with van der Waals surface area (Å²) in [6, 6.07) is 42.4. The van der Waals surface area contributed by atoms with Crippen molar-refractivity contribution in [2.45, 2.75) is 32.1 Å². The Labute approximate surface area is 297 Å². The molecule has 0 nitrogen and oxygen atoms in total. The Bertz CT molecular complexity index is 2870. The number of rotatable bonds is 3. The lowest BCUT2D eigenvalue weighted by Gasteiger charge is -2.26. The minimum atomic E-state index is -0.183. The maximum absolute atomic E-state index is 4.64. The topological polar surface area (TPSA) is 0 Å². The molecule has 0 bridgehead atoms. The third-order valence-corrected chi connectivity index (χ3v) is 12.0. The van der Waals surface area contributed by atoms with Gasteiger partial charge in [0.15, 0.2) is 0 Å². The summed E-state index contributed by atoms with van der Waals surface area (Å²) < 4.78 is 2.69. The fourth-order valence-corrected chi connectivity index (χ4v) is 9.58. The number of hydrogen-bond acceptors (Lipinski definition) is 1. The first kappa shape index (κ1) is 30.6. The lowest BCUT2D eigenvalue weighted by atomic mass is 9.77. The first-order valence-electron chi connectivity index (χ1n) is 17.6. The van der Waals surface area contributed by atoms with Crippen LogP contribution in [0.5, 0.6) is 0 Å². The van der Waals surface area contributed by atoms with Gasteiger partial charge in [0.05, 0.1) is 0 Å². The van der Waals surface area contributed by atoms with Crippen molar-refractivity contribution in [3.8, 4) is 11.1 Å². The van der Waals surface area contributed by atoms with E-state index in [2.05, 4.69) is 167 Å². The van der Waals surface area contributed by atoms with Gasteiger partial charge in [0.25, 0.3) is 0 Å². The van der Waals surface area contributed by atoms with Crippen molar-refractivity contribution in [1.82, 2.24) is 0 Å². The maximum atomic E-state index is 4.64. The van der Waals surface area contributed by atoms with Gasteiger partial charge in [-0.2, -0.15) is 0 Å². The van der Waals surface area contributed by atoms with Crippen molar-refractivity contribution in [3.05, 3.63) is 189 Å². The predicted octanol–water partition coefficient (Wildman–Crippen LogP) is 10.2. The molecule has 240 valence electrons. The highest BCUT2D eigenvalue weighted by atomic mass is 32.1. The number of thiophene rings is 1. The first-order chi connectivity index (χ1) is 24.4. The fraction of sp³-hybridized carbons (Fsp3) is 0.102. The van der Waals surface area contributed by atoms with Crippen LogP contribution in [0.3, 0.4) is 0 Å². The monoisotopic (exact) mass is 658 g/mol. The van der Waals surface area contributed by atoms with E-state index >= 15 is 0 Å². The molecule has 50 heavy (non-hydrogen) atoms. The molecule has 0 aliphatic heterocycles. The summed E-state index contributed by atoms with van der Waals surface area (Å²) in [5, 5.41) is 9.84. The Hall–Kier alpha value is -5.50. The number of fused-ring (bicyclic) bond motifs is 10. The van der Waals surface area contributed by atoms with Gasteiger partial charge in [-0.15, -0.1) is 11.3 Å². The lowest BCUT2D eigenvalue weighted by molar-refractivity contribution is 0.659. The van der Waals surface area contributed by atoms with Crippen molar-refractivity contribution in [3.63, 3.8) is 0 Å². The van der Waals surface area contributed by atoms with Gasteiger partial charge in [-0.3, -0.25) is 0 Å². The van der Waals surface area contributed by atoms with Crippen LogP contribution >= 0.6 is 11.3 Å². The van der Waals surface area contributed by atoms with Crippen molar-refractivity contribution in [2.24, 2.45) is 0 Å². The predicted molar refractivity (Wildman–Crippen MR) is 218 cm³/mol. The van der Waals surface area contributed by atoms with E-state index in [0.717, 1.165) is 34.4 Å². The van der Waals surface area contributed by atoms with Gasteiger partial charge in [-0.25, -0.2) is 0 Å². The Kier molecular flexibility index (Phi) is 7.23. The van der Waals surface area contributed by atoms with Crippen molar-refractivity contribution < 1.29 is 0 Å². The standard InChI is InChI=1S/C49H38S/c1-31-17-9-10-18-33(31)29-32(2)34-19-7-5-6-8-20-37(36-22-12-11-21-35(34)36)42-30-43-39(27-28-40-38-23-14-16-26-45(38)50-48(40)43)46-41-24-13-15-25-44(41)49(3,4)47(42)46/h7-30H,1-2,5-6H2,3-4H3/b19-7?,20-8+,33-29-,35-34?,37-36+. The molecule has 1 heterocycles. The fourth-order valence-electron chi connectivity index (χ4n) is 8.36. The van der Waals surface area contributed by atoms with E-state index in [9.17, 15) is 0 Å². The molecule has 2 aliphatic rings. The Balaban J connectivity index is 1.46. The minimum Gasteiger partial charge on any atom is -0.135 e. The van der Waals surface area contributed by atoms with Crippen LogP contribution in [0.1, 0.15) is 43.4 Å². The van der Waals surface area contributed by atoms with Crippen LogP contribution in [0.15, 0.2) is 152 Å². The third-order valence-electron chi connectivity index (χ3n) is 10.8. The molecule has 9 rings (SSSR count). The summed E-state index contributed by atoms with van der Waals surface area (Å²) in [4.78, 5) is 0. The SMILES string of the molecule is C=C(/C=c1/ccccc1=C)C1=c2cccc/c2=C(c2cc3c(ccc4c5ccccc5sc34)c3c2C(C)(C)c2ccccc2-3)/C=C/CCC=C1. The smallest absolute Gasteiger partial charge is 0.0434 e. The van der Waals surface area contributed by atoms with E-state index in [1.807, 2.05) is 17.4 Å². The van der Waals surface area contributed by atoms with Gasteiger partial charge >= 0.3 is 0 Å². The summed E-state index contributed by atoms with van der Waals surface area (Å²) >= 11 is 1.92. The van der Waals surface area contributed by atoms with Crippen molar-refractivity contribution in [2.75, 3.05) is 0 Å². The van der Waals surface area contributed by atoms with E-state index in [1.165, 1.54) is 74.8 Å². The normalized spacial score (nSPS) is 17.2. The molecular formula is C49H38S. The van der Waals surface area contributed by atoms with Crippen LogP contribution in [0.4, 0.5) is 0 Å². The van der Waals surface area contributed by atoms with Gasteiger partial charge in [-0.05, 0) is 102 Å². The highest BCUT2D eigenvalue weighted by molar-refractivity contribution is 7.26. The zero-order chi connectivity index (χ0) is 34.0. The molecule has 0 saturated heterocycles. The molecule has 2 aliphatic carbocycles. The summed E-state index contributed by atoms with van der Waals surface area (Å²) in [5.74, 6) is 0. The van der Waals surface area contributed by atoms with E-state index in [-0.39, 0.29) is 5.41 Å². The minimum absolute atomic E-state index is 0.183. The van der Waals surface area contributed by atoms with Crippen molar-refractivity contribution in [1.29, 1.82) is 0 Å². The highest BCUT2D eigenvalue weighted by Gasteiger charge is 2.39. The van der Waals surface area contributed by atoms with E-state index in [4.69, 9.17) is 0 Å². The van der Waals surface area contributed by atoms with Crippen LogP contribution in [0, 0.1) is 0 Å². The van der Waals surface area contributed by atoms with E-state index < -0.39 is 0 Å². The molecule has 1 heteroatoms. The Morgan fingerprint density at radius 2 is 1.38 bits per heavy atom. The molecule has 0 atom stereocenters. The average Bonchev–Trinajstić information content (AvgIpc) is 3.63. The molecule has 6 aromatic carbocycles. The summed E-state index contributed by atoms with van der Waals surface area (Å²) in [5.41, 5.74) is 10.0. The van der Waals surface area contributed by atoms with Crippen molar-refractivity contribution >= 4 is 66.1 Å². The zero-order valence-corrected chi connectivity index (χ0v) is 29.4. The van der Waals surface area contributed by atoms with Crippen LogP contribution in [0.2, 0.25) is 0 Å². The van der Waals surface area contributed by atoms with E-state index in [0.29, 0.717) is 0 Å². The van der Waals surface area contributed by atoms with Gasteiger partial charge in [0, 0.05) is 31.0 Å². The maximum Gasteiger partial charge on any atom is 0.0434 e. The lowest BCUT2D eigenvalue weighted by Crippen LogP contribution is -2.30. The number of hydrogen-bond donors (Lipinski definition) is 0. The third kappa shape index (κ3) is 4.72. The van der Waals surface area contributed by atoms with Crippen LogP contribution < -0.4 is 20.9 Å². The highest BCUT2D eigenvalue weighted by Crippen LogP contribution is 2.55. The summed E-state index contributed by atoms with van der Waals surface area (Å²) in [7, 11) is 0. The molecule has 0 amide bonds. The molecule has 0 radical (unpaired) electrons. The Morgan fingerprint density at radius 3 is 2.24 bits per heavy atom. The molecule has 0 N–H and O–H groups in total. The summed E-state index contributed by atoms with van der Waals surface area (Å²) in [6.45, 7) is 13.8. The first-order valence-corrected chi connectivity index (χ1v) is 18.4. The second-order valence-corrected chi connectivity index (χ2v) is 15.2. The van der Waals surface area contributed by atoms with Gasteiger partial charge in [0.2, 0.25) is 0 Å². The molecular weight excluding hydrogens is 621 g/mol. The molecule has 7 aromatic rings. The largest absolute Gasteiger partial charge is 0.135 e. The summed E-state index contributed by atoms with van der Waals surface area (Å²) in [6.07, 6.45) is 13.5. The molecule has 0 fully saturated rings. The molecule has 0 spiro atoms. The van der Waals surface area contributed by atoms with E-state index in [1.54, 1.807) is 0 Å². The second-order valence-electron chi connectivity index (χ2n) is 14.1. The Morgan fingerprint density at radius 1 is 0.680 bits per heavy atom. The quantitative estimate of drug-likeness (QED) is 0.177. The van der Waals surface area contributed by atoms with Gasteiger partial charge < -0.3 is 0 Å². The molecule has 1 aromatic heterocycles. The van der Waals surface area contributed by atoms with Crippen LogP contribution in [0.25, 0.3) is 65.9 Å². The molecule has 0 saturated carbocycles. The average molecular weight is 659 g/mol. The zero-order valence-electron chi connectivity index (χ0n) is 28.6. The number of allylic oxidation sites excluding steroid dienone is 5. The second kappa shape index (κ2) is 11.8. The number of benzene rings is 6. The van der Waals surface area contributed by atoms with Gasteiger partial charge in [0.1, 0.15) is 0 Å².